The van der Waals surface area contributed by atoms with Crippen LogP contribution in [0.1, 0.15) is 29.8 Å². The Morgan fingerprint density at radius 3 is 2.51 bits per heavy atom. The molecule has 0 aromatic heterocycles. The largest absolute Gasteiger partial charge is 0.490 e. The first-order chi connectivity index (χ1) is 20.7. The van der Waals surface area contributed by atoms with Crippen molar-refractivity contribution in [1.29, 1.82) is 0 Å². The Bertz CT molecular complexity index is 1440. The third kappa shape index (κ3) is 8.27. The van der Waals surface area contributed by atoms with Gasteiger partial charge in [0.05, 0.1) is 41.9 Å². The maximum absolute atomic E-state index is 13.0. The van der Waals surface area contributed by atoms with Gasteiger partial charge in [-0.1, -0.05) is 17.7 Å². The van der Waals surface area contributed by atoms with Crippen molar-refractivity contribution in [2.24, 2.45) is 0 Å². The molecule has 2 aliphatic rings. The predicted octanol–water partition coefficient (Wildman–Crippen LogP) is 3.83. The zero-order chi connectivity index (χ0) is 30.9. The van der Waals surface area contributed by atoms with Gasteiger partial charge >= 0.3 is 5.97 Å². The highest BCUT2D eigenvalue weighted by Gasteiger charge is 2.36. The van der Waals surface area contributed by atoms with E-state index in [2.05, 4.69) is 5.32 Å². The van der Waals surface area contributed by atoms with E-state index in [-0.39, 0.29) is 40.3 Å². The minimum Gasteiger partial charge on any atom is -0.490 e. The van der Waals surface area contributed by atoms with Crippen molar-refractivity contribution in [1.82, 2.24) is 9.80 Å². The topological polar surface area (TPSA) is 141 Å². The number of thioether (sulfide) groups is 1. The average Bonchev–Trinajstić information content (AvgIpc) is 3.25. The monoisotopic (exact) mass is 631 g/mol. The third-order valence-electron chi connectivity index (χ3n) is 6.20. The second-order valence-electron chi connectivity index (χ2n) is 9.15. The highest BCUT2D eigenvalue weighted by Crippen LogP contribution is 2.35. The van der Waals surface area contributed by atoms with Crippen LogP contribution in [0.4, 0.5) is 10.5 Å². The molecule has 0 aliphatic carbocycles. The third-order valence-corrected chi connectivity index (χ3v) is 7.44. The first-order valence-electron chi connectivity index (χ1n) is 13.5. The highest BCUT2D eigenvalue weighted by atomic mass is 35.5. The van der Waals surface area contributed by atoms with Gasteiger partial charge in [-0.2, -0.15) is 0 Å². The van der Waals surface area contributed by atoms with Crippen molar-refractivity contribution in [3.8, 4) is 11.5 Å². The number of ether oxygens (including phenoxy) is 4. The number of imide groups is 1. The molecule has 2 saturated heterocycles. The van der Waals surface area contributed by atoms with Crippen molar-refractivity contribution in [2.75, 3.05) is 58.0 Å². The Balaban J connectivity index is 1.40. The van der Waals surface area contributed by atoms with Crippen LogP contribution in [-0.4, -0.2) is 91.4 Å². The van der Waals surface area contributed by atoms with Crippen LogP contribution in [0.25, 0.3) is 6.08 Å². The number of halogens is 1. The molecule has 4 rings (SSSR count). The summed E-state index contributed by atoms with van der Waals surface area (Å²) in [5.74, 6) is -1.36. The van der Waals surface area contributed by atoms with Gasteiger partial charge in [0.25, 0.3) is 17.1 Å². The molecule has 0 atom stereocenters. The summed E-state index contributed by atoms with van der Waals surface area (Å²) in [5.41, 5.74) is 0.872. The molecule has 2 aromatic rings. The van der Waals surface area contributed by atoms with Crippen LogP contribution in [0.3, 0.4) is 0 Å². The van der Waals surface area contributed by atoms with Crippen LogP contribution in [0.5, 0.6) is 11.5 Å². The molecular weight excluding hydrogens is 602 g/mol. The standard InChI is InChI=1S/C29H30ClN3O9S/c1-3-40-23-13-18(5-8-22(23)42-17-26(35)32-9-11-39-12-10-32)14-24-27(36)33(29(38)43-24)16-25(34)31-19-6-7-21(30)20(15-19)28(37)41-4-2/h5-8,13-15H,3-4,9-12,16-17H2,1-2H3,(H,31,34)/b24-14-. The predicted molar refractivity (Wildman–Crippen MR) is 159 cm³/mol. The number of benzene rings is 2. The maximum Gasteiger partial charge on any atom is 0.339 e. The van der Waals surface area contributed by atoms with Gasteiger partial charge in [0, 0.05) is 18.8 Å². The Morgan fingerprint density at radius 2 is 1.79 bits per heavy atom. The van der Waals surface area contributed by atoms with Crippen molar-refractivity contribution < 1.29 is 42.9 Å². The molecule has 0 saturated carbocycles. The quantitative estimate of drug-likeness (QED) is 0.287. The van der Waals surface area contributed by atoms with Crippen LogP contribution >= 0.6 is 23.4 Å². The molecule has 12 nitrogen and oxygen atoms in total. The zero-order valence-corrected chi connectivity index (χ0v) is 25.1. The summed E-state index contributed by atoms with van der Waals surface area (Å²) in [5, 5.41) is 2.11. The lowest BCUT2D eigenvalue weighted by atomic mass is 10.2. The molecule has 0 spiro atoms. The van der Waals surface area contributed by atoms with Gasteiger partial charge in [-0.05, 0) is 67.6 Å². The molecule has 1 N–H and O–H groups in total. The van der Waals surface area contributed by atoms with Crippen LogP contribution < -0.4 is 14.8 Å². The van der Waals surface area contributed by atoms with Gasteiger partial charge in [0.15, 0.2) is 18.1 Å². The summed E-state index contributed by atoms with van der Waals surface area (Å²) in [6.45, 7) is 5.23. The number of amides is 4. The number of nitrogens with one attached hydrogen (secondary N) is 1. The number of morpholine rings is 1. The molecule has 2 heterocycles. The second kappa shape index (κ2) is 14.9. The number of hydrogen-bond donors (Lipinski definition) is 1. The minimum absolute atomic E-state index is 0.0713. The number of rotatable bonds is 11. The van der Waals surface area contributed by atoms with E-state index in [1.54, 1.807) is 36.9 Å². The van der Waals surface area contributed by atoms with Crippen molar-refractivity contribution in [2.45, 2.75) is 13.8 Å². The summed E-state index contributed by atoms with van der Waals surface area (Å²) in [6, 6.07) is 9.20. The molecule has 4 amide bonds. The lowest BCUT2D eigenvalue weighted by Crippen LogP contribution is -2.43. The molecule has 14 heteroatoms. The summed E-state index contributed by atoms with van der Waals surface area (Å²) >= 11 is 6.76. The van der Waals surface area contributed by atoms with E-state index in [4.69, 9.17) is 30.5 Å². The first-order valence-corrected chi connectivity index (χ1v) is 14.7. The van der Waals surface area contributed by atoms with Crippen LogP contribution in [0, 0.1) is 0 Å². The minimum atomic E-state index is -0.646. The van der Waals surface area contributed by atoms with Gasteiger partial charge in [-0.15, -0.1) is 0 Å². The smallest absolute Gasteiger partial charge is 0.339 e. The van der Waals surface area contributed by atoms with Gasteiger partial charge in [-0.25, -0.2) is 4.79 Å². The summed E-state index contributed by atoms with van der Waals surface area (Å²) in [7, 11) is 0. The van der Waals surface area contributed by atoms with E-state index in [0.717, 1.165) is 4.90 Å². The first kappa shape index (κ1) is 31.9. The lowest BCUT2D eigenvalue weighted by molar-refractivity contribution is -0.137. The molecule has 2 aliphatic heterocycles. The second-order valence-corrected chi connectivity index (χ2v) is 10.6. The number of carbonyl (C=O) groups is 5. The number of anilines is 1. The van der Waals surface area contributed by atoms with Crippen molar-refractivity contribution >= 4 is 64.1 Å². The molecule has 0 radical (unpaired) electrons. The molecule has 0 unspecified atom stereocenters. The SMILES string of the molecule is CCOC(=O)c1cc(NC(=O)CN2C(=O)S/C(=C\c3ccc(OCC(=O)N4CCOCC4)c(OCC)c3)C2=O)ccc1Cl. The molecule has 228 valence electrons. The fourth-order valence-corrected chi connectivity index (χ4v) is 5.18. The maximum atomic E-state index is 13.0. The summed E-state index contributed by atoms with van der Waals surface area (Å²) in [4.78, 5) is 65.5. The lowest BCUT2D eigenvalue weighted by Gasteiger charge is -2.26. The Kier molecular flexibility index (Phi) is 11.0. The van der Waals surface area contributed by atoms with Gasteiger partial charge in [0.1, 0.15) is 6.54 Å². The van der Waals surface area contributed by atoms with Gasteiger partial charge < -0.3 is 29.2 Å². The van der Waals surface area contributed by atoms with Crippen LogP contribution in [0.2, 0.25) is 5.02 Å². The van der Waals surface area contributed by atoms with Crippen molar-refractivity contribution in [3.05, 3.63) is 57.5 Å². The van der Waals surface area contributed by atoms with E-state index < -0.39 is 29.6 Å². The fourth-order valence-electron chi connectivity index (χ4n) is 4.15. The number of carbonyl (C=O) groups excluding carboxylic acids is 5. The average molecular weight is 632 g/mol. The summed E-state index contributed by atoms with van der Waals surface area (Å²) in [6.07, 6.45) is 1.51. The van der Waals surface area contributed by atoms with Gasteiger partial charge in [0.2, 0.25) is 5.91 Å². The molecule has 0 bridgehead atoms. The Morgan fingerprint density at radius 1 is 1.02 bits per heavy atom. The van der Waals surface area contributed by atoms with Crippen molar-refractivity contribution in [3.63, 3.8) is 0 Å². The Labute approximate surface area is 257 Å². The van der Waals surface area contributed by atoms with E-state index in [0.29, 0.717) is 61.7 Å². The van der Waals surface area contributed by atoms with E-state index >= 15 is 0 Å². The normalized spacial score (nSPS) is 15.9. The number of esters is 1. The van der Waals surface area contributed by atoms with Crippen LogP contribution in [-0.2, 0) is 23.9 Å². The van der Waals surface area contributed by atoms with Crippen LogP contribution in [0.15, 0.2) is 41.3 Å². The zero-order valence-electron chi connectivity index (χ0n) is 23.6. The Hall–Kier alpha value is -4.07. The number of nitrogens with zero attached hydrogens (tertiary/aromatic N) is 2. The van der Waals surface area contributed by atoms with E-state index in [1.807, 2.05) is 0 Å². The van der Waals surface area contributed by atoms with E-state index in [1.165, 1.54) is 24.3 Å². The highest BCUT2D eigenvalue weighted by molar-refractivity contribution is 8.18. The van der Waals surface area contributed by atoms with Gasteiger partial charge in [-0.3, -0.25) is 24.1 Å². The molecule has 43 heavy (non-hydrogen) atoms. The molecular formula is C29H30ClN3O9S. The molecule has 2 fully saturated rings. The summed E-state index contributed by atoms with van der Waals surface area (Å²) < 4.78 is 21.6. The number of hydrogen-bond acceptors (Lipinski definition) is 10. The fraction of sp³-hybridized carbons (Fsp3) is 0.345. The molecule has 2 aromatic carbocycles. The van der Waals surface area contributed by atoms with E-state index in [9.17, 15) is 24.0 Å².